The van der Waals surface area contributed by atoms with Crippen LogP contribution in [-0.4, -0.2) is 50.2 Å². The van der Waals surface area contributed by atoms with Crippen molar-refractivity contribution in [1.82, 2.24) is 15.5 Å². The van der Waals surface area contributed by atoms with E-state index < -0.39 is 0 Å². The second-order valence-corrected chi connectivity index (χ2v) is 7.00. The second-order valence-electron chi connectivity index (χ2n) is 6.57. The van der Waals surface area contributed by atoms with Crippen molar-refractivity contribution in [3.63, 3.8) is 0 Å². The molecule has 1 aliphatic heterocycles. The first kappa shape index (κ1) is 20.6. The average molecular weight is 479 g/mol. The summed E-state index contributed by atoms with van der Waals surface area (Å²) >= 11 is 6.01. The fourth-order valence-corrected chi connectivity index (χ4v) is 3.44. The number of aliphatic imine (C=N–C) groups is 1. The number of nitrogens with one attached hydrogen (secondary N) is 2. The number of nitrogens with zero attached hydrogens (tertiary/aromatic N) is 2. The molecule has 0 spiro atoms. The zero-order chi connectivity index (χ0) is 16.9. The van der Waals surface area contributed by atoms with E-state index in [0.29, 0.717) is 17.6 Å². The number of rotatable bonds is 5. The first-order chi connectivity index (χ1) is 11.7. The standard InChI is InChI=1S/C18H27ClN4O.HI/c1-20-18(21-12-13-3-4-14(19)11-17(13)24-2)22-15-7-9-23(10-8-15)16-5-6-16;/h3-4,11,15-16H,5-10,12H2,1-2H3,(H2,20,21,22);1H. The van der Waals surface area contributed by atoms with Crippen molar-refractivity contribution in [3.8, 4) is 5.75 Å². The zero-order valence-electron chi connectivity index (χ0n) is 14.9. The van der Waals surface area contributed by atoms with Crippen LogP contribution in [-0.2, 0) is 6.54 Å². The Balaban J connectivity index is 0.00000225. The molecule has 1 saturated carbocycles. The molecule has 7 heteroatoms. The summed E-state index contributed by atoms with van der Waals surface area (Å²) in [5.74, 6) is 1.64. The van der Waals surface area contributed by atoms with Crippen LogP contribution in [0.25, 0.3) is 0 Å². The van der Waals surface area contributed by atoms with Gasteiger partial charge in [-0.2, -0.15) is 0 Å². The number of piperidine rings is 1. The summed E-state index contributed by atoms with van der Waals surface area (Å²) in [6.07, 6.45) is 5.15. The molecule has 2 N–H and O–H groups in total. The Labute approximate surface area is 172 Å². The van der Waals surface area contributed by atoms with E-state index in [0.717, 1.165) is 23.3 Å². The van der Waals surface area contributed by atoms with Crippen LogP contribution >= 0.6 is 35.6 Å². The van der Waals surface area contributed by atoms with Gasteiger partial charge in [-0.05, 0) is 37.8 Å². The Bertz CT molecular complexity index is 586. The summed E-state index contributed by atoms with van der Waals surface area (Å²) in [5.41, 5.74) is 1.06. The lowest BCUT2D eigenvalue weighted by molar-refractivity contribution is 0.197. The molecule has 5 nitrogen and oxygen atoms in total. The molecule has 2 fully saturated rings. The first-order valence-corrected chi connectivity index (χ1v) is 9.11. The van der Waals surface area contributed by atoms with Gasteiger partial charge in [0.15, 0.2) is 5.96 Å². The van der Waals surface area contributed by atoms with E-state index in [1.54, 1.807) is 7.11 Å². The fourth-order valence-electron chi connectivity index (χ4n) is 3.28. The summed E-state index contributed by atoms with van der Waals surface area (Å²) in [6.45, 7) is 3.05. The molecule has 1 aromatic carbocycles. The number of ether oxygens (including phenoxy) is 1. The van der Waals surface area contributed by atoms with E-state index >= 15 is 0 Å². The van der Waals surface area contributed by atoms with E-state index in [9.17, 15) is 0 Å². The Morgan fingerprint density at radius 2 is 2.00 bits per heavy atom. The number of hydrogen-bond donors (Lipinski definition) is 2. The van der Waals surface area contributed by atoms with Crippen molar-refractivity contribution < 1.29 is 4.74 Å². The molecule has 0 bridgehead atoms. The maximum Gasteiger partial charge on any atom is 0.191 e. The molecule has 3 rings (SSSR count). The molecule has 1 aromatic rings. The Morgan fingerprint density at radius 3 is 2.60 bits per heavy atom. The van der Waals surface area contributed by atoms with Crippen LogP contribution in [0.1, 0.15) is 31.2 Å². The van der Waals surface area contributed by atoms with Crippen LogP contribution < -0.4 is 15.4 Å². The maximum atomic E-state index is 6.01. The van der Waals surface area contributed by atoms with Gasteiger partial charge in [-0.1, -0.05) is 17.7 Å². The zero-order valence-corrected chi connectivity index (χ0v) is 18.0. The Morgan fingerprint density at radius 1 is 1.28 bits per heavy atom. The molecule has 140 valence electrons. The van der Waals surface area contributed by atoms with Crippen LogP contribution in [0.4, 0.5) is 0 Å². The van der Waals surface area contributed by atoms with Gasteiger partial charge in [0, 0.05) is 49.4 Å². The predicted octanol–water partition coefficient (Wildman–Crippen LogP) is 3.26. The summed E-state index contributed by atoms with van der Waals surface area (Å²) in [7, 11) is 3.48. The highest BCUT2D eigenvalue weighted by Crippen LogP contribution is 2.29. The van der Waals surface area contributed by atoms with E-state index in [1.165, 1.54) is 38.8 Å². The van der Waals surface area contributed by atoms with Crippen LogP contribution in [0.3, 0.4) is 0 Å². The third kappa shape index (κ3) is 5.89. The lowest BCUT2D eigenvalue weighted by atomic mass is 10.1. The van der Waals surface area contributed by atoms with Gasteiger partial charge in [0.1, 0.15) is 5.75 Å². The molecule has 1 heterocycles. The topological polar surface area (TPSA) is 48.9 Å². The van der Waals surface area contributed by atoms with Gasteiger partial charge in [0.25, 0.3) is 0 Å². The summed E-state index contributed by atoms with van der Waals surface area (Å²) in [6, 6.07) is 7.07. The van der Waals surface area contributed by atoms with E-state index in [-0.39, 0.29) is 24.0 Å². The van der Waals surface area contributed by atoms with Crippen molar-refractivity contribution in [3.05, 3.63) is 28.8 Å². The predicted molar refractivity (Wildman–Crippen MR) is 114 cm³/mol. The van der Waals surface area contributed by atoms with Gasteiger partial charge in [-0.15, -0.1) is 24.0 Å². The number of benzene rings is 1. The minimum absolute atomic E-state index is 0. The number of guanidine groups is 1. The molecule has 1 saturated heterocycles. The molecule has 2 aliphatic rings. The summed E-state index contributed by atoms with van der Waals surface area (Å²) < 4.78 is 5.39. The molecule has 25 heavy (non-hydrogen) atoms. The number of methoxy groups -OCH3 is 1. The van der Waals surface area contributed by atoms with Crippen molar-refractivity contribution in [2.75, 3.05) is 27.2 Å². The highest BCUT2D eigenvalue weighted by atomic mass is 127. The lowest BCUT2D eigenvalue weighted by Gasteiger charge is -2.33. The average Bonchev–Trinajstić information content (AvgIpc) is 3.45. The van der Waals surface area contributed by atoms with Gasteiger partial charge >= 0.3 is 0 Å². The smallest absolute Gasteiger partial charge is 0.191 e. The van der Waals surface area contributed by atoms with Gasteiger partial charge in [0.05, 0.1) is 7.11 Å². The Kier molecular flexibility index (Phi) is 8.09. The molecule has 0 atom stereocenters. The normalized spacial score (nSPS) is 19.2. The quantitative estimate of drug-likeness (QED) is 0.387. The third-order valence-corrected chi connectivity index (χ3v) is 5.09. The van der Waals surface area contributed by atoms with E-state index in [1.807, 2.05) is 25.2 Å². The maximum absolute atomic E-state index is 6.01. The number of likely N-dealkylation sites (tertiary alicyclic amines) is 1. The largest absolute Gasteiger partial charge is 0.496 e. The molecular formula is C18H28ClIN4O. The van der Waals surface area contributed by atoms with E-state index in [4.69, 9.17) is 16.3 Å². The molecule has 0 amide bonds. The molecule has 0 unspecified atom stereocenters. The number of halogens is 2. The van der Waals surface area contributed by atoms with Gasteiger partial charge < -0.3 is 20.3 Å². The minimum atomic E-state index is 0. The molecule has 1 aliphatic carbocycles. The third-order valence-electron chi connectivity index (χ3n) is 4.85. The fraction of sp³-hybridized carbons (Fsp3) is 0.611. The van der Waals surface area contributed by atoms with Gasteiger partial charge in [0.2, 0.25) is 0 Å². The van der Waals surface area contributed by atoms with Crippen molar-refractivity contribution in [2.24, 2.45) is 4.99 Å². The Hall–Kier alpha value is -0.730. The first-order valence-electron chi connectivity index (χ1n) is 8.73. The van der Waals surface area contributed by atoms with Crippen LogP contribution in [0.2, 0.25) is 5.02 Å². The van der Waals surface area contributed by atoms with Crippen LogP contribution in [0.5, 0.6) is 5.75 Å². The van der Waals surface area contributed by atoms with Crippen molar-refractivity contribution >= 4 is 41.5 Å². The van der Waals surface area contributed by atoms with Gasteiger partial charge in [-0.25, -0.2) is 0 Å². The second kappa shape index (κ2) is 9.83. The molecular weight excluding hydrogens is 451 g/mol. The van der Waals surface area contributed by atoms with Crippen molar-refractivity contribution in [2.45, 2.75) is 44.3 Å². The highest BCUT2D eigenvalue weighted by Gasteiger charge is 2.31. The SMILES string of the molecule is CN=C(NCc1ccc(Cl)cc1OC)NC1CCN(C2CC2)CC1.I. The highest BCUT2D eigenvalue weighted by molar-refractivity contribution is 14.0. The van der Waals surface area contributed by atoms with Crippen LogP contribution in [0.15, 0.2) is 23.2 Å². The van der Waals surface area contributed by atoms with E-state index in [2.05, 4.69) is 20.5 Å². The molecule has 0 radical (unpaired) electrons. The summed E-state index contributed by atoms with van der Waals surface area (Å²) in [5, 5.41) is 7.61. The monoisotopic (exact) mass is 478 g/mol. The lowest BCUT2D eigenvalue weighted by Crippen LogP contribution is -2.48. The minimum Gasteiger partial charge on any atom is -0.496 e. The van der Waals surface area contributed by atoms with Gasteiger partial charge in [-0.3, -0.25) is 4.99 Å². The summed E-state index contributed by atoms with van der Waals surface area (Å²) in [4.78, 5) is 6.98. The number of hydrogen-bond acceptors (Lipinski definition) is 3. The van der Waals surface area contributed by atoms with Crippen LogP contribution in [0, 0.1) is 0 Å². The molecule has 0 aromatic heterocycles. The van der Waals surface area contributed by atoms with Crippen molar-refractivity contribution in [1.29, 1.82) is 0 Å².